The summed E-state index contributed by atoms with van der Waals surface area (Å²) in [5.41, 5.74) is 2.84. The molecule has 0 N–H and O–H groups in total. The van der Waals surface area contributed by atoms with Gasteiger partial charge in [0.1, 0.15) is 11.5 Å². The smallest absolute Gasteiger partial charge is 0.416 e. The van der Waals surface area contributed by atoms with Crippen molar-refractivity contribution in [2.45, 2.75) is 18.8 Å². The van der Waals surface area contributed by atoms with Crippen molar-refractivity contribution in [3.63, 3.8) is 0 Å². The summed E-state index contributed by atoms with van der Waals surface area (Å²) in [4.78, 5) is 8.60. The van der Waals surface area contributed by atoms with Gasteiger partial charge in [-0.05, 0) is 73.3 Å². The molecule has 0 bridgehead atoms. The lowest BCUT2D eigenvalue weighted by atomic mass is 9.96. The van der Waals surface area contributed by atoms with Gasteiger partial charge in [0, 0.05) is 58.5 Å². The van der Waals surface area contributed by atoms with Crippen molar-refractivity contribution in [1.82, 2.24) is 14.7 Å². The number of hydrogen-bond donors (Lipinski definition) is 0. The Morgan fingerprint density at radius 1 is 0.756 bits per heavy atom. The molecular weight excluding hydrogens is 529 g/mol. The molecule has 1 aliphatic rings. The van der Waals surface area contributed by atoms with E-state index < -0.39 is 11.7 Å². The van der Waals surface area contributed by atoms with Gasteiger partial charge in [-0.25, -0.2) is 0 Å². The van der Waals surface area contributed by atoms with Crippen molar-refractivity contribution in [3.05, 3.63) is 89.0 Å². The van der Waals surface area contributed by atoms with E-state index in [1.54, 1.807) is 26.4 Å². The van der Waals surface area contributed by atoms with Crippen LogP contribution in [0.2, 0.25) is 0 Å². The van der Waals surface area contributed by atoms with E-state index in [2.05, 4.69) is 39.0 Å². The zero-order chi connectivity index (χ0) is 29.6. The summed E-state index contributed by atoms with van der Waals surface area (Å²) in [7, 11) is 9.19. The molecule has 6 nitrogen and oxygen atoms in total. The van der Waals surface area contributed by atoms with Crippen molar-refractivity contribution >= 4 is 5.69 Å². The first-order valence-electron chi connectivity index (χ1n) is 13.9. The van der Waals surface area contributed by atoms with E-state index in [1.165, 1.54) is 6.07 Å². The van der Waals surface area contributed by atoms with Crippen LogP contribution in [-0.4, -0.2) is 89.3 Å². The minimum absolute atomic E-state index is 0.00775. The lowest BCUT2D eigenvalue weighted by Crippen LogP contribution is -2.47. The van der Waals surface area contributed by atoms with Crippen molar-refractivity contribution in [3.8, 4) is 11.5 Å². The Kier molecular flexibility index (Phi) is 10.2. The lowest BCUT2D eigenvalue weighted by Gasteiger charge is -2.40. The highest BCUT2D eigenvalue weighted by molar-refractivity contribution is 5.51. The quantitative estimate of drug-likeness (QED) is 0.297. The summed E-state index contributed by atoms with van der Waals surface area (Å²) in [5, 5.41) is 0. The minimum atomic E-state index is -4.40. The fourth-order valence-corrected chi connectivity index (χ4v) is 5.31. The Balaban J connectivity index is 1.52. The highest BCUT2D eigenvalue weighted by Crippen LogP contribution is 2.36. The van der Waals surface area contributed by atoms with Crippen LogP contribution < -0.4 is 14.4 Å². The van der Waals surface area contributed by atoms with Crippen molar-refractivity contribution in [2.75, 3.05) is 79.5 Å². The van der Waals surface area contributed by atoms with E-state index in [1.807, 2.05) is 50.3 Å². The molecule has 1 saturated heterocycles. The summed E-state index contributed by atoms with van der Waals surface area (Å²) in [5.74, 6) is 1.59. The Hall–Kier alpha value is -3.27. The average molecular weight is 571 g/mol. The van der Waals surface area contributed by atoms with E-state index in [9.17, 15) is 13.2 Å². The second kappa shape index (κ2) is 13.6. The average Bonchev–Trinajstić information content (AvgIpc) is 2.97. The highest BCUT2D eigenvalue weighted by Gasteiger charge is 2.34. The van der Waals surface area contributed by atoms with Gasteiger partial charge in [-0.15, -0.1) is 0 Å². The topological polar surface area (TPSA) is 31.4 Å². The molecule has 0 amide bonds. The summed E-state index contributed by atoms with van der Waals surface area (Å²) >= 11 is 0. The van der Waals surface area contributed by atoms with E-state index in [0.717, 1.165) is 54.5 Å². The number of anilines is 1. The zero-order valence-corrected chi connectivity index (χ0v) is 24.6. The molecule has 3 aromatic carbocycles. The molecule has 1 fully saturated rings. The van der Waals surface area contributed by atoms with Crippen molar-refractivity contribution in [2.24, 2.45) is 0 Å². The van der Waals surface area contributed by atoms with Crippen LogP contribution in [0.3, 0.4) is 0 Å². The number of rotatable bonds is 11. The molecule has 0 spiro atoms. The minimum Gasteiger partial charge on any atom is -0.497 e. The van der Waals surface area contributed by atoms with E-state index in [4.69, 9.17) is 9.47 Å². The second-order valence-corrected chi connectivity index (χ2v) is 10.8. The Labute approximate surface area is 241 Å². The van der Waals surface area contributed by atoms with Crippen LogP contribution in [0.25, 0.3) is 0 Å². The summed E-state index contributed by atoms with van der Waals surface area (Å²) in [6.45, 7) is 4.60. The number of piperazine rings is 1. The van der Waals surface area contributed by atoms with Crippen LogP contribution in [0.1, 0.15) is 28.3 Å². The van der Waals surface area contributed by atoms with Crippen LogP contribution in [-0.2, 0) is 12.7 Å². The highest BCUT2D eigenvalue weighted by atomic mass is 19.4. The van der Waals surface area contributed by atoms with Crippen LogP contribution in [0.5, 0.6) is 11.5 Å². The third kappa shape index (κ3) is 7.93. The number of likely N-dealkylation sites (N-methyl/N-ethyl adjacent to an activating group) is 2. The van der Waals surface area contributed by atoms with Crippen LogP contribution in [0.15, 0.2) is 66.7 Å². The van der Waals surface area contributed by atoms with Gasteiger partial charge >= 0.3 is 6.18 Å². The van der Waals surface area contributed by atoms with Gasteiger partial charge in [-0.1, -0.05) is 24.3 Å². The molecule has 0 radical (unpaired) electrons. The number of methoxy groups -OCH3 is 2. The van der Waals surface area contributed by atoms with Gasteiger partial charge in [0.25, 0.3) is 0 Å². The summed E-state index contributed by atoms with van der Waals surface area (Å²) in [6, 6.07) is 20.7. The number of alkyl halides is 3. The third-order valence-corrected chi connectivity index (χ3v) is 7.75. The molecule has 9 heteroatoms. The van der Waals surface area contributed by atoms with Gasteiger partial charge in [0.15, 0.2) is 0 Å². The molecule has 4 rings (SSSR count). The molecule has 0 atom stereocenters. The molecule has 222 valence electrons. The Morgan fingerprint density at radius 2 is 1.29 bits per heavy atom. The standard InChI is InChI=1S/C32H41F3N4O2/c1-36(2)16-17-37(3)27-10-15-30(32(33,34)35)26(22-27)23-38-18-20-39(21-19-38)31(24-6-11-28(40-4)12-7-24)25-8-13-29(41-5)14-9-25/h6-15,22,31H,16-21,23H2,1-5H3. The number of nitrogens with zero attached hydrogens (tertiary/aromatic N) is 4. The van der Waals surface area contributed by atoms with Crippen molar-refractivity contribution in [1.29, 1.82) is 0 Å². The predicted octanol–water partition coefficient (Wildman–Crippen LogP) is 5.63. The first kappa shape index (κ1) is 30.7. The molecule has 0 aromatic heterocycles. The third-order valence-electron chi connectivity index (χ3n) is 7.75. The van der Waals surface area contributed by atoms with Crippen LogP contribution >= 0.6 is 0 Å². The predicted molar refractivity (Wildman–Crippen MR) is 158 cm³/mol. The fraction of sp³-hybridized carbons (Fsp3) is 0.438. The maximum Gasteiger partial charge on any atom is 0.416 e. The number of ether oxygens (including phenoxy) is 2. The van der Waals surface area contributed by atoms with E-state index in [0.29, 0.717) is 18.7 Å². The number of halogens is 3. The maximum absolute atomic E-state index is 14.0. The molecule has 1 aliphatic heterocycles. The van der Waals surface area contributed by atoms with Gasteiger partial charge < -0.3 is 19.3 Å². The molecule has 41 heavy (non-hydrogen) atoms. The lowest BCUT2D eigenvalue weighted by molar-refractivity contribution is -0.138. The normalized spacial score (nSPS) is 15.0. The molecule has 1 heterocycles. The molecule has 0 saturated carbocycles. The van der Waals surface area contributed by atoms with E-state index >= 15 is 0 Å². The Morgan fingerprint density at radius 3 is 1.76 bits per heavy atom. The molecule has 0 aliphatic carbocycles. The fourth-order valence-electron chi connectivity index (χ4n) is 5.31. The zero-order valence-electron chi connectivity index (χ0n) is 24.6. The molecular formula is C32H41F3N4O2. The van der Waals surface area contributed by atoms with Crippen LogP contribution in [0.4, 0.5) is 18.9 Å². The Bertz CT molecular complexity index is 1190. The van der Waals surface area contributed by atoms with Gasteiger partial charge in [0.2, 0.25) is 0 Å². The molecule has 0 unspecified atom stereocenters. The van der Waals surface area contributed by atoms with Crippen LogP contribution in [0, 0.1) is 0 Å². The van der Waals surface area contributed by atoms with Gasteiger partial charge in [0.05, 0.1) is 25.8 Å². The number of hydrogen-bond acceptors (Lipinski definition) is 6. The second-order valence-electron chi connectivity index (χ2n) is 10.8. The first-order valence-corrected chi connectivity index (χ1v) is 13.9. The molecule has 3 aromatic rings. The van der Waals surface area contributed by atoms with Crippen molar-refractivity contribution < 1.29 is 22.6 Å². The monoisotopic (exact) mass is 570 g/mol. The maximum atomic E-state index is 14.0. The van der Waals surface area contributed by atoms with Gasteiger partial charge in [-0.2, -0.15) is 13.2 Å². The van der Waals surface area contributed by atoms with Gasteiger partial charge in [-0.3, -0.25) is 9.80 Å². The summed E-state index contributed by atoms with van der Waals surface area (Å²) < 4.78 is 52.6. The van der Waals surface area contributed by atoms with E-state index in [-0.39, 0.29) is 12.6 Å². The number of benzene rings is 3. The summed E-state index contributed by atoms with van der Waals surface area (Å²) in [6.07, 6.45) is -4.40. The SMILES string of the molecule is COc1ccc(C(c2ccc(OC)cc2)N2CCN(Cc3cc(N(C)CCN(C)C)ccc3C(F)(F)F)CC2)cc1. The first-order chi connectivity index (χ1) is 19.6. The largest absolute Gasteiger partial charge is 0.497 e.